The molecular formula is C10H21NO. The van der Waals surface area contributed by atoms with Crippen molar-refractivity contribution in [3.05, 3.63) is 0 Å². The molecule has 0 aromatic rings. The standard InChI is InChI=1S/C10H21NO/c1-3-9(4-2)11-10-5-8(6-10)7-12/h8-12H,3-7H2,1-2H3. The lowest BCUT2D eigenvalue weighted by atomic mass is 9.80. The number of hydrogen-bond donors (Lipinski definition) is 2. The van der Waals surface area contributed by atoms with Crippen LogP contribution in [0.2, 0.25) is 0 Å². The summed E-state index contributed by atoms with van der Waals surface area (Å²) in [6.07, 6.45) is 4.79. The Balaban J connectivity index is 2.09. The fourth-order valence-electron chi connectivity index (χ4n) is 1.88. The summed E-state index contributed by atoms with van der Waals surface area (Å²) in [6.45, 7) is 4.83. The van der Waals surface area contributed by atoms with E-state index in [4.69, 9.17) is 5.11 Å². The van der Waals surface area contributed by atoms with Crippen molar-refractivity contribution in [2.75, 3.05) is 6.61 Å². The van der Waals surface area contributed by atoms with Crippen molar-refractivity contribution in [3.8, 4) is 0 Å². The van der Waals surface area contributed by atoms with Crippen LogP contribution in [-0.4, -0.2) is 23.8 Å². The molecule has 2 nitrogen and oxygen atoms in total. The van der Waals surface area contributed by atoms with Gasteiger partial charge in [0.1, 0.15) is 0 Å². The van der Waals surface area contributed by atoms with Crippen molar-refractivity contribution in [2.24, 2.45) is 5.92 Å². The zero-order valence-corrected chi connectivity index (χ0v) is 8.21. The van der Waals surface area contributed by atoms with Crippen LogP contribution in [0, 0.1) is 5.92 Å². The molecule has 0 spiro atoms. The average molecular weight is 171 g/mol. The molecule has 0 amide bonds. The van der Waals surface area contributed by atoms with Gasteiger partial charge in [0.25, 0.3) is 0 Å². The molecule has 1 rings (SSSR count). The SMILES string of the molecule is CCC(CC)NC1CC(CO)C1. The number of nitrogens with one attached hydrogen (secondary N) is 1. The molecule has 1 saturated carbocycles. The van der Waals surface area contributed by atoms with Gasteiger partial charge < -0.3 is 10.4 Å². The van der Waals surface area contributed by atoms with Gasteiger partial charge in [-0.05, 0) is 31.6 Å². The monoisotopic (exact) mass is 171 g/mol. The van der Waals surface area contributed by atoms with E-state index < -0.39 is 0 Å². The van der Waals surface area contributed by atoms with Crippen LogP contribution in [0.4, 0.5) is 0 Å². The first-order valence-electron chi connectivity index (χ1n) is 5.17. The first-order valence-corrected chi connectivity index (χ1v) is 5.17. The summed E-state index contributed by atoms with van der Waals surface area (Å²) in [7, 11) is 0. The molecule has 0 aromatic carbocycles. The van der Waals surface area contributed by atoms with Crippen LogP contribution >= 0.6 is 0 Å². The number of rotatable bonds is 5. The Labute approximate surface area is 75.4 Å². The third-order valence-corrected chi connectivity index (χ3v) is 2.95. The highest BCUT2D eigenvalue weighted by Gasteiger charge is 2.28. The highest BCUT2D eigenvalue weighted by atomic mass is 16.3. The highest BCUT2D eigenvalue weighted by molar-refractivity contribution is 4.86. The Morgan fingerprint density at radius 1 is 1.33 bits per heavy atom. The molecule has 0 atom stereocenters. The van der Waals surface area contributed by atoms with Crippen molar-refractivity contribution in [3.63, 3.8) is 0 Å². The summed E-state index contributed by atoms with van der Waals surface area (Å²) in [6, 6.07) is 1.38. The van der Waals surface area contributed by atoms with E-state index in [2.05, 4.69) is 19.2 Å². The summed E-state index contributed by atoms with van der Waals surface area (Å²) in [5.41, 5.74) is 0. The van der Waals surface area contributed by atoms with Crippen LogP contribution < -0.4 is 5.32 Å². The molecule has 1 aliphatic rings. The van der Waals surface area contributed by atoms with Crippen molar-refractivity contribution in [1.29, 1.82) is 0 Å². The smallest absolute Gasteiger partial charge is 0.0460 e. The second kappa shape index (κ2) is 4.83. The molecule has 0 radical (unpaired) electrons. The minimum atomic E-state index is 0.376. The second-order valence-corrected chi connectivity index (χ2v) is 3.90. The van der Waals surface area contributed by atoms with Crippen molar-refractivity contribution in [2.45, 2.75) is 51.6 Å². The molecular weight excluding hydrogens is 150 g/mol. The largest absolute Gasteiger partial charge is 0.396 e. The predicted octanol–water partition coefficient (Wildman–Crippen LogP) is 1.54. The van der Waals surface area contributed by atoms with Crippen molar-refractivity contribution >= 4 is 0 Å². The maximum atomic E-state index is 8.82. The summed E-state index contributed by atoms with van der Waals surface area (Å²) < 4.78 is 0. The van der Waals surface area contributed by atoms with Gasteiger partial charge in [-0.1, -0.05) is 13.8 Å². The van der Waals surface area contributed by atoms with E-state index in [0.29, 0.717) is 24.6 Å². The van der Waals surface area contributed by atoms with Gasteiger partial charge in [0, 0.05) is 18.7 Å². The van der Waals surface area contributed by atoms with Gasteiger partial charge in [-0.2, -0.15) is 0 Å². The van der Waals surface area contributed by atoms with E-state index >= 15 is 0 Å². The lowest BCUT2D eigenvalue weighted by Crippen LogP contribution is -2.46. The lowest BCUT2D eigenvalue weighted by molar-refractivity contribution is 0.119. The van der Waals surface area contributed by atoms with Crippen LogP contribution in [0.5, 0.6) is 0 Å². The molecule has 2 heteroatoms. The number of hydrogen-bond acceptors (Lipinski definition) is 2. The maximum Gasteiger partial charge on any atom is 0.0460 e. The molecule has 0 bridgehead atoms. The van der Waals surface area contributed by atoms with Gasteiger partial charge in [-0.3, -0.25) is 0 Å². The van der Waals surface area contributed by atoms with E-state index in [0.717, 1.165) is 0 Å². The fourth-order valence-corrected chi connectivity index (χ4v) is 1.88. The van der Waals surface area contributed by atoms with Gasteiger partial charge in [0.15, 0.2) is 0 Å². The first-order chi connectivity index (χ1) is 5.80. The quantitative estimate of drug-likeness (QED) is 0.657. The third kappa shape index (κ3) is 2.46. The molecule has 72 valence electrons. The maximum absolute atomic E-state index is 8.82. The van der Waals surface area contributed by atoms with E-state index in [-0.39, 0.29) is 0 Å². The van der Waals surface area contributed by atoms with E-state index in [1.807, 2.05) is 0 Å². The number of aliphatic hydroxyl groups is 1. The van der Waals surface area contributed by atoms with E-state index in [1.54, 1.807) is 0 Å². The molecule has 0 heterocycles. The summed E-state index contributed by atoms with van der Waals surface area (Å²) >= 11 is 0. The summed E-state index contributed by atoms with van der Waals surface area (Å²) in [5, 5.41) is 12.4. The van der Waals surface area contributed by atoms with Gasteiger partial charge in [-0.15, -0.1) is 0 Å². The van der Waals surface area contributed by atoms with Crippen LogP contribution in [-0.2, 0) is 0 Å². The first kappa shape index (κ1) is 10.0. The number of aliphatic hydroxyl groups excluding tert-OH is 1. The molecule has 0 aliphatic heterocycles. The highest BCUT2D eigenvalue weighted by Crippen LogP contribution is 2.27. The molecule has 1 aliphatic carbocycles. The third-order valence-electron chi connectivity index (χ3n) is 2.95. The Kier molecular flexibility index (Phi) is 4.02. The van der Waals surface area contributed by atoms with Crippen LogP contribution in [0.25, 0.3) is 0 Å². The molecule has 12 heavy (non-hydrogen) atoms. The topological polar surface area (TPSA) is 32.3 Å². The molecule has 0 saturated heterocycles. The minimum Gasteiger partial charge on any atom is -0.396 e. The average Bonchev–Trinajstić information content (AvgIpc) is 2.03. The van der Waals surface area contributed by atoms with Crippen LogP contribution in [0.15, 0.2) is 0 Å². The van der Waals surface area contributed by atoms with Gasteiger partial charge in [0.2, 0.25) is 0 Å². The lowest BCUT2D eigenvalue weighted by Gasteiger charge is -2.37. The Bertz CT molecular complexity index is 117. The van der Waals surface area contributed by atoms with Crippen LogP contribution in [0.1, 0.15) is 39.5 Å². The zero-order chi connectivity index (χ0) is 8.97. The molecule has 0 aromatic heterocycles. The molecule has 1 fully saturated rings. The van der Waals surface area contributed by atoms with Crippen molar-refractivity contribution in [1.82, 2.24) is 5.32 Å². The molecule has 2 N–H and O–H groups in total. The van der Waals surface area contributed by atoms with Gasteiger partial charge >= 0.3 is 0 Å². The molecule has 0 unspecified atom stereocenters. The second-order valence-electron chi connectivity index (χ2n) is 3.90. The predicted molar refractivity (Wildman–Crippen MR) is 51.1 cm³/mol. The van der Waals surface area contributed by atoms with Crippen LogP contribution in [0.3, 0.4) is 0 Å². The van der Waals surface area contributed by atoms with E-state index in [9.17, 15) is 0 Å². The Hall–Kier alpha value is -0.0800. The summed E-state index contributed by atoms with van der Waals surface area (Å²) in [5.74, 6) is 0.580. The fraction of sp³-hybridized carbons (Fsp3) is 1.00. The minimum absolute atomic E-state index is 0.376. The van der Waals surface area contributed by atoms with E-state index in [1.165, 1.54) is 25.7 Å². The summed E-state index contributed by atoms with van der Waals surface area (Å²) in [4.78, 5) is 0. The Morgan fingerprint density at radius 3 is 2.33 bits per heavy atom. The van der Waals surface area contributed by atoms with Gasteiger partial charge in [0.05, 0.1) is 0 Å². The normalized spacial score (nSPS) is 29.0. The van der Waals surface area contributed by atoms with Crippen molar-refractivity contribution < 1.29 is 5.11 Å². The van der Waals surface area contributed by atoms with Gasteiger partial charge in [-0.25, -0.2) is 0 Å². The Morgan fingerprint density at radius 2 is 1.92 bits per heavy atom. The zero-order valence-electron chi connectivity index (χ0n) is 8.21.